The Kier molecular flexibility index (Phi) is 3.49. The monoisotopic (exact) mass is 187 g/mol. The van der Waals surface area contributed by atoms with Crippen molar-refractivity contribution in [2.45, 2.75) is 0 Å². The lowest BCUT2D eigenvalue weighted by Crippen LogP contribution is -2.02. The minimum atomic E-state index is -0.584. The number of ether oxygens (including phenoxy) is 1. The Morgan fingerprint density at radius 2 is 2.23 bits per heavy atom. The Hall–Kier alpha value is -1.32. The molecule has 0 heterocycles. The largest absolute Gasteiger partial charge is 0.489 e. The van der Waals surface area contributed by atoms with Crippen LogP contribution in [0.2, 0.25) is 0 Å². The predicted octanol–water partition coefficient (Wildman–Crippen LogP) is 2.22. The van der Waals surface area contributed by atoms with Crippen LogP contribution in [0.3, 0.4) is 0 Å². The van der Waals surface area contributed by atoms with Crippen LogP contribution >= 0.6 is 0 Å². The van der Waals surface area contributed by atoms with E-state index in [1.807, 2.05) is 0 Å². The molecule has 0 spiro atoms. The fourth-order valence-electron chi connectivity index (χ4n) is 0.971. The van der Waals surface area contributed by atoms with Crippen molar-refractivity contribution in [2.75, 3.05) is 25.6 Å². The Morgan fingerprint density at radius 1 is 1.46 bits per heavy atom. The van der Waals surface area contributed by atoms with Crippen LogP contribution in [-0.2, 0) is 0 Å². The van der Waals surface area contributed by atoms with Gasteiger partial charge in [0.1, 0.15) is 24.8 Å². The zero-order chi connectivity index (χ0) is 9.68. The number of hydrogen-bond acceptors (Lipinski definition) is 2. The normalized spacial score (nSPS) is 9.77. The van der Waals surface area contributed by atoms with Gasteiger partial charge in [-0.05, 0) is 12.1 Å². The van der Waals surface area contributed by atoms with Crippen molar-refractivity contribution in [1.82, 2.24) is 0 Å². The molecule has 0 saturated heterocycles. The number of anilines is 1. The van der Waals surface area contributed by atoms with Crippen LogP contribution in [0.15, 0.2) is 18.2 Å². The minimum Gasteiger partial charge on any atom is -0.489 e. The Bertz CT molecular complexity index is 278. The second-order valence-corrected chi connectivity index (χ2v) is 2.43. The van der Waals surface area contributed by atoms with E-state index in [2.05, 4.69) is 5.32 Å². The average molecular weight is 187 g/mol. The third-order valence-electron chi connectivity index (χ3n) is 1.55. The highest BCUT2D eigenvalue weighted by Crippen LogP contribution is 2.24. The molecule has 2 nitrogen and oxygen atoms in total. The van der Waals surface area contributed by atoms with Crippen molar-refractivity contribution < 1.29 is 13.5 Å². The zero-order valence-corrected chi connectivity index (χ0v) is 7.31. The summed E-state index contributed by atoms with van der Waals surface area (Å²) in [5, 5.41) is 2.82. The van der Waals surface area contributed by atoms with E-state index in [-0.39, 0.29) is 6.61 Å². The molecule has 1 aromatic carbocycles. The van der Waals surface area contributed by atoms with Gasteiger partial charge in [0.05, 0.1) is 5.69 Å². The summed E-state index contributed by atoms with van der Waals surface area (Å²) >= 11 is 0. The molecule has 0 aliphatic heterocycles. The van der Waals surface area contributed by atoms with Gasteiger partial charge < -0.3 is 10.1 Å². The molecule has 0 bridgehead atoms. The second-order valence-electron chi connectivity index (χ2n) is 2.43. The van der Waals surface area contributed by atoms with E-state index in [0.29, 0.717) is 11.4 Å². The van der Waals surface area contributed by atoms with Crippen LogP contribution in [0.1, 0.15) is 0 Å². The highest BCUT2D eigenvalue weighted by molar-refractivity contribution is 5.55. The predicted molar refractivity (Wildman–Crippen MR) is 47.4 cm³/mol. The van der Waals surface area contributed by atoms with Crippen molar-refractivity contribution in [1.29, 1.82) is 0 Å². The maximum Gasteiger partial charge on any atom is 0.145 e. The average Bonchev–Trinajstić information content (AvgIpc) is 2.15. The molecule has 0 atom stereocenters. The van der Waals surface area contributed by atoms with Gasteiger partial charge in [0.25, 0.3) is 0 Å². The smallest absolute Gasteiger partial charge is 0.145 e. The fraction of sp³-hybridized carbons (Fsp3) is 0.333. The second kappa shape index (κ2) is 4.64. The molecule has 1 rings (SSSR count). The van der Waals surface area contributed by atoms with Gasteiger partial charge in [0, 0.05) is 13.1 Å². The molecule has 1 aromatic rings. The van der Waals surface area contributed by atoms with Gasteiger partial charge in [-0.2, -0.15) is 0 Å². The standard InChI is InChI=1S/C9H11F2NO/c1-12-8-3-2-7(11)6-9(8)13-5-4-10/h2-3,6,12H,4-5H2,1H3. The van der Waals surface area contributed by atoms with Crippen LogP contribution in [0, 0.1) is 5.82 Å². The van der Waals surface area contributed by atoms with E-state index < -0.39 is 12.5 Å². The molecule has 0 fully saturated rings. The molecule has 0 radical (unpaired) electrons. The van der Waals surface area contributed by atoms with Crippen molar-refractivity contribution in [3.63, 3.8) is 0 Å². The quantitative estimate of drug-likeness (QED) is 0.780. The lowest BCUT2D eigenvalue weighted by molar-refractivity contribution is 0.273. The Morgan fingerprint density at radius 3 is 2.85 bits per heavy atom. The number of rotatable bonds is 4. The van der Waals surface area contributed by atoms with E-state index in [0.717, 1.165) is 0 Å². The van der Waals surface area contributed by atoms with Crippen molar-refractivity contribution >= 4 is 5.69 Å². The molecule has 0 saturated carbocycles. The SMILES string of the molecule is CNc1ccc(F)cc1OCCF. The number of benzene rings is 1. The maximum atomic E-state index is 12.7. The van der Waals surface area contributed by atoms with Gasteiger partial charge in [-0.3, -0.25) is 0 Å². The third-order valence-corrected chi connectivity index (χ3v) is 1.55. The molecule has 0 aliphatic carbocycles. The van der Waals surface area contributed by atoms with Crippen LogP contribution in [0.4, 0.5) is 14.5 Å². The molecule has 4 heteroatoms. The number of alkyl halides is 1. The van der Waals surface area contributed by atoms with Crippen molar-refractivity contribution in [2.24, 2.45) is 0 Å². The van der Waals surface area contributed by atoms with Gasteiger partial charge in [0.2, 0.25) is 0 Å². The Labute approximate surface area is 75.5 Å². The number of nitrogens with one attached hydrogen (secondary N) is 1. The first-order chi connectivity index (χ1) is 6.27. The third kappa shape index (κ3) is 2.57. The van der Waals surface area contributed by atoms with Gasteiger partial charge in [-0.15, -0.1) is 0 Å². The van der Waals surface area contributed by atoms with Gasteiger partial charge >= 0.3 is 0 Å². The summed E-state index contributed by atoms with van der Waals surface area (Å²) in [6.45, 7) is -0.641. The van der Waals surface area contributed by atoms with Crippen LogP contribution in [-0.4, -0.2) is 20.3 Å². The van der Waals surface area contributed by atoms with Gasteiger partial charge in [-0.25, -0.2) is 8.78 Å². The van der Waals surface area contributed by atoms with E-state index >= 15 is 0 Å². The first-order valence-electron chi connectivity index (χ1n) is 3.94. The van der Waals surface area contributed by atoms with E-state index in [9.17, 15) is 8.78 Å². The topological polar surface area (TPSA) is 21.3 Å². The summed E-state index contributed by atoms with van der Waals surface area (Å²) in [6.07, 6.45) is 0. The molecular formula is C9H11F2NO. The van der Waals surface area contributed by atoms with E-state index in [1.165, 1.54) is 12.1 Å². The van der Waals surface area contributed by atoms with Gasteiger partial charge in [0.15, 0.2) is 0 Å². The molecule has 72 valence electrons. The van der Waals surface area contributed by atoms with Crippen molar-refractivity contribution in [3.05, 3.63) is 24.0 Å². The summed E-state index contributed by atoms with van der Waals surface area (Å²) in [5.41, 5.74) is 0.648. The number of halogens is 2. The van der Waals surface area contributed by atoms with Crippen LogP contribution < -0.4 is 10.1 Å². The Balaban J connectivity index is 2.81. The first-order valence-corrected chi connectivity index (χ1v) is 3.94. The van der Waals surface area contributed by atoms with Crippen LogP contribution in [0.25, 0.3) is 0 Å². The lowest BCUT2D eigenvalue weighted by Gasteiger charge is -2.09. The summed E-state index contributed by atoms with van der Waals surface area (Å²) in [5.74, 6) is -0.0620. The molecule has 13 heavy (non-hydrogen) atoms. The minimum absolute atomic E-state index is 0.0574. The molecule has 1 N–H and O–H groups in total. The summed E-state index contributed by atoms with van der Waals surface area (Å²) in [6, 6.07) is 4.08. The highest BCUT2D eigenvalue weighted by atomic mass is 19.1. The summed E-state index contributed by atoms with van der Waals surface area (Å²) in [7, 11) is 1.69. The van der Waals surface area contributed by atoms with Crippen LogP contribution in [0.5, 0.6) is 5.75 Å². The van der Waals surface area contributed by atoms with Crippen molar-refractivity contribution in [3.8, 4) is 5.75 Å². The highest BCUT2D eigenvalue weighted by Gasteiger charge is 2.03. The molecule has 0 amide bonds. The maximum absolute atomic E-state index is 12.7. The molecule has 0 aromatic heterocycles. The zero-order valence-electron chi connectivity index (χ0n) is 7.31. The van der Waals surface area contributed by atoms with Gasteiger partial charge in [-0.1, -0.05) is 0 Å². The molecule has 0 aliphatic rings. The fourth-order valence-corrected chi connectivity index (χ4v) is 0.971. The van der Waals surface area contributed by atoms with E-state index in [4.69, 9.17) is 4.74 Å². The number of hydrogen-bond donors (Lipinski definition) is 1. The summed E-state index contributed by atoms with van der Waals surface area (Å²) in [4.78, 5) is 0. The molecular weight excluding hydrogens is 176 g/mol. The lowest BCUT2D eigenvalue weighted by atomic mass is 10.3. The first kappa shape index (κ1) is 9.77. The summed E-state index contributed by atoms with van der Waals surface area (Å²) < 4.78 is 29.5. The van der Waals surface area contributed by atoms with E-state index in [1.54, 1.807) is 13.1 Å². The molecule has 0 unspecified atom stereocenters.